The smallest absolute Gasteiger partial charge is 0.247 e. The van der Waals surface area contributed by atoms with E-state index in [4.69, 9.17) is 4.74 Å². The van der Waals surface area contributed by atoms with Crippen LogP contribution in [-0.2, 0) is 9.59 Å². The highest BCUT2D eigenvalue weighted by Crippen LogP contribution is 2.23. The first-order chi connectivity index (χ1) is 11.6. The number of carbonyl (C=O) groups excluding carboxylic acids is 2. The highest BCUT2D eigenvalue weighted by Gasteiger charge is 2.31. The number of ether oxygens (including phenoxy) is 1. The highest BCUT2D eigenvalue weighted by atomic mass is 16.5. The van der Waals surface area contributed by atoms with Gasteiger partial charge in [0, 0.05) is 24.8 Å². The Morgan fingerprint density at radius 1 is 1.33 bits per heavy atom. The van der Waals surface area contributed by atoms with Crippen LogP contribution in [0.15, 0.2) is 36.9 Å². The Labute approximate surface area is 139 Å². The first kappa shape index (κ1) is 16.0. The van der Waals surface area contributed by atoms with Gasteiger partial charge in [-0.1, -0.05) is 6.07 Å². The molecule has 1 aromatic heterocycles. The van der Waals surface area contributed by atoms with Gasteiger partial charge in [-0.3, -0.25) is 9.59 Å². The van der Waals surface area contributed by atoms with Crippen molar-refractivity contribution in [1.29, 1.82) is 0 Å². The standard InChI is InChI=1S/C16H19N5O3/c1-12(21-11-17-10-18-21)16(23)19-6-7-20(15(22)9-19)13-4-3-5-14(8-13)24-2/h3-5,8,10-12H,6-7,9H2,1-2H3/t12-/m0/s1. The normalized spacial score (nSPS) is 16.2. The molecule has 3 rings (SSSR count). The minimum absolute atomic E-state index is 0.0507. The van der Waals surface area contributed by atoms with E-state index in [0.717, 1.165) is 5.69 Å². The number of benzene rings is 1. The van der Waals surface area contributed by atoms with Crippen molar-refractivity contribution in [3.8, 4) is 5.75 Å². The molecule has 126 valence electrons. The van der Waals surface area contributed by atoms with Crippen molar-refractivity contribution < 1.29 is 14.3 Å². The van der Waals surface area contributed by atoms with E-state index in [1.54, 1.807) is 23.8 Å². The summed E-state index contributed by atoms with van der Waals surface area (Å²) in [6.07, 6.45) is 2.88. The first-order valence-corrected chi connectivity index (χ1v) is 7.67. The molecule has 1 aliphatic rings. The van der Waals surface area contributed by atoms with Gasteiger partial charge in [-0.25, -0.2) is 9.67 Å². The van der Waals surface area contributed by atoms with Crippen LogP contribution in [0.1, 0.15) is 13.0 Å². The molecular weight excluding hydrogens is 310 g/mol. The van der Waals surface area contributed by atoms with E-state index in [-0.39, 0.29) is 18.4 Å². The molecule has 24 heavy (non-hydrogen) atoms. The molecule has 0 aliphatic carbocycles. The maximum atomic E-state index is 12.5. The van der Waals surface area contributed by atoms with Gasteiger partial charge in [-0.15, -0.1) is 0 Å². The predicted octanol–water partition coefficient (Wildman–Crippen LogP) is 0.723. The molecule has 0 spiro atoms. The quantitative estimate of drug-likeness (QED) is 0.826. The van der Waals surface area contributed by atoms with Gasteiger partial charge in [0.25, 0.3) is 0 Å². The van der Waals surface area contributed by atoms with Crippen molar-refractivity contribution in [2.75, 3.05) is 31.6 Å². The summed E-state index contributed by atoms with van der Waals surface area (Å²) in [4.78, 5) is 32.1. The number of nitrogens with zero attached hydrogens (tertiary/aromatic N) is 5. The monoisotopic (exact) mass is 329 g/mol. The highest BCUT2D eigenvalue weighted by molar-refractivity contribution is 5.98. The van der Waals surface area contributed by atoms with E-state index in [9.17, 15) is 9.59 Å². The van der Waals surface area contributed by atoms with Crippen molar-refractivity contribution in [2.24, 2.45) is 0 Å². The molecule has 1 aromatic carbocycles. The molecule has 0 saturated carbocycles. The molecule has 1 saturated heterocycles. The van der Waals surface area contributed by atoms with E-state index >= 15 is 0 Å². The van der Waals surface area contributed by atoms with Crippen LogP contribution >= 0.6 is 0 Å². The van der Waals surface area contributed by atoms with Gasteiger partial charge in [0.05, 0.1) is 7.11 Å². The van der Waals surface area contributed by atoms with Gasteiger partial charge < -0.3 is 14.5 Å². The molecule has 0 N–H and O–H groups in total. The number of anilines is 1. The maximum absolute atomic E-state index is 12.5. The summed E-state index contributed by atoms with van der Waals surface area (Å²) >= 11 is 0. The molecule has 0 bridgehead atoms. The summed E-state index contributed by atoms with van der Waals surface area (Å²) in [5.41, 5.74) is 0.774. The van der Waals surface area contributed by atoms with Gasteiger partial charge in [-0.05, 0) is 19.1 Å². The second-order valence-electron chi connectivity index (χ2n) is 5.56. The summed E-state index contributed by atoms with van der Waals surface area (Å²) in [6, 6.07) is 6.85. The minimum Gasteiger partial charge on any atom is -0.497 e. The van der Waals surface area contributed by atoms with Crippen molar-refractivity contribution in [3.63, 3.8) is 0 Å². The van der Waals surface area contributed by atoms with Gasteiger partial charge in [0.1, 0.15) is 31.0 Å². The van der Waals surface area contributed by atoms with Crippen LogP contribution in [0.25, 0.3) is 0 Å². The maximum Gasteiger partial charge on any atom is 0.247 e. The van der Waals surface area contributed by atoms with Crippen molar-refractivity contribution in [1.82, 2.24) is 19.7 Å². The average molecular weight is 329 g/mol. The number of rotatable bonds is 4. The topological polar surface area (TPSA) is 80.6 Å². The Balaban J connectivity index is 1.68. The van der Waals surface area contributed by atoms with Crippen LogP contribution in [0.4, 0.5) is 5.69 Å². The molecule has 0 unspecified atom stereocenters. The van der Waals surface area contributed by atoms with Crippen LogP contribution in [0, 0.1) is 0 Å². The van der Waals surface area contributed by atoms with Gasteiger partial charge in [-0.2, -0.15) is 5.10 Å². The second-order valence-corrected chi connectivity index (χ2v) is 5.56. The molecule has 1 fully saturated rings. The number of hydrogen-bond donors (Lipinski definition) is 0. The zero-order valence-electron chi connectivity index (χ0n) is 13.6. The predicted molar refractivity (Wildman–Crippen MR) is 86.7 cm³/mol. The van der Waals surface area contributed by atoms with Crippen LogP contribution in [0.2, 0.25) is 0 Å². The van der Waals surface area contributed by atoms with Crippen molar-refractivity contribution >= 4 is 17.5 Å². The lowest BCUT2D eigenvalue weighted by atomic mass is 10.2. The fraction of sp³-hybridized carbons (Fsp3) is 0.375. The zero-order chi connectivity index (χ0) is 17.1. The molecule has 1 aliphatic heterocycles. The van der Waals surface area contributed by atoms with Gasteiger partial charge in [0.15, 0.2) is 0 Å². The number of amides is 2. The molecule has 8 nitrogen and oxygen atoms in total. The van der Waals surface area contributed by atoms with E-state index in [2.05, 4.69) is 10.1 Å². The second kappa shape index (κ2) is 6.69. The third-order valence-corrected chi connectivity index (χ3v) is 4.09. The fourth-order valence-corrected chi connectivity index (χ4v) is 2.71. The largest absolute Gasteiger partial charge is 0.497 e. The Morgan fingerprint density at radius 3 is 2.83 bits per heavy atom. The number of aromatic nitrogens is 3. The molecule has 2 amide bonds. The van der Waals surface area contributed by atoms with Crippen LogP contribution < -0.4 is 9.64 Å². The summed E-state index contributed by atoms with van der Waals surface area (Å²) in [6.45, 7) is 2.72. The number of hydrogen-bond acceptors (Lipinski definition) is 5. The molecule has 1 atom stereocenters. The summed E-state index contributed by atoms with van der Waals surface area (Å²) in [5.74, 6) is 0.436. The van der Waals surface area contributed by atoms with Gasteiger partial charge in [0.2, 0.25) is 11.8 Å². The Morgan fingerprint density at radius 2 is 2.17 bits per heavy atom. The summed E-state index contributed by atoms with van der Waals surface area (Å²) < 4.78 is 6.68. The zero-order valence-corrected chi connectivity index (χ0v) is 13.6. The summed E-state index contributed by atoms with van der Waals surface area (Å²) in [7, 11) is 1.59. The third kappa shape index (κ3) is 3.08. The Kier molecular flexibility index (Phi) is 4.45. The van der Waals surface area contributed by atoms with E-state index in [1.165, 1.54) is 17.3 Å². The molecule has 0 radical (unpaired) electrons. The number of carbonyl (C=O) groups is 2. The lowest BCUT2D eigenvalue weighted by Crippen LogP contribution is -2.53. The van der Waals surface area contributed by atoms with Crippen LogP contribution in [0.3, 0.4) is 0 Å². The molecule has 8 heteroatoms. The minimum atomic E-state index is -0.483. The lowest BCUT2D eigenvalue weighted by molar-refractivity contribution is -0.139. The Hall–Kier alpha value is -2.90. The van der Waals surface area contributed by atoms with E-state index < -0.39 is 6.04 Å². The molecule has 2 heterocycles. The van der Waals surface area contributed by atoms with Gasteiger partial charge >= 0.3 is 0 Å². The SMILES string of the molecule is COc1cccc(N2CCN(C(=O)[C@H](C)n3cncn3)CC2=O)c1. The number of methoxy groups -OCH3 is 1. The van der Waals surface area contributed by atoms with Crippen LogP contribution in [-0.4, -0.2) is 58.2 Å². The van der Waals surface area contributed by atoms with E-state index in [1.807, 2.05) is 24.3 Å². The summed E-state index contributed by atoms with van der Waals surface area (Å²) in [5, 5.41) is 3.98. The molecular formula is C16H19N5O3. The third-order valence-electron chi connectivity index (χ3n) is 4.09. The van der Waals surface area contributed by atoms with Crippen molar-refractivity contribution in [3.05, 3.63) is 36.9 Å². The fourth-order valence-electron chi connectivity index (χ4n) is 2.71. The van der Waals surface area contributed by atoms with Crippen molar-refractivity contribution in [2.45, 2.75) is 13.0 Å². The Bertz CT molecular complexity index is 731. The van der Waals surface area contributed by atoms with Crippen LogP contribution in [0.5, 0.6) is 5.75 Å². The lowest BCUT2D eigenvalue weighted by Gasteiger charge is -2.35. The molecule has 2 aromatic rings. The van der Waals surface area contributed by atoms with E-state index in [0.29, 0.717) is 18.8 Å². The number of piperazine rings is 1. The first-order valence-electron chi connectivity index (χ1n) is 7.67. The average Bonchev–Trinajstić information content (AvgIpc) is 3.15.